The van der Waals surface area contributed by atoms with Crippen LogP contribution in [-0.2, 0) is 23.9 Å². The van der Waals surface area contributed by atoms with Crippen molar-refractivity contribution in [3.05, 3.63) is 24.3 Å². The van der Waals surface area contributed by atoms with Crippen molar-refractivity contribution >= 4 is 23.5 Å². The number of amides is 1. The topological polar surface area (TPSA) is 90.9 Å². The van der Waals surface area contributed by atoms with E-state index in [1.54, 1.807) is 0 Å². The maximum absolute atomic E-state index is 12.1. The Bertz CT molecular complexity index is 600. The SMILES string of the molecule is COC(=O)C(C(=O)Nc1ccc(OC)cc1)C(=O)OCC(F)(F)F. The highest BCUT2D eigenvalue weighted by atomic mass is 19.4. The van der Waals surface area contributed by atoms with Crippen LogP contribution in [0.25, 0.3) is 0 Å². The van der Waals surface area contributed by atoms with Crippen molar-refractivity contribution in [1.82, 2.24) is 0 Å². The van der Waals surface area contributed by atoms with Crippen LogP contribution < -0.4 is 10.1 Å². The molecule has 0 aliphatic carbocycles. The molecule has 1 amide bonds. The van der Waals surface area contributed by atoms with Gasteiger partial charge in [0.1, 0.15) is 5.75 Å². The minimum atomic E-state index is -4.79. The number of rotatable bonds is 6. The third-order valence-electron chi connectivity index (χ3n) is 2.67. The van der Waals surface area contributed by atoms with Crippen molar-refractivity contribution in [3.8, 4) is 5.75 Å². The highest BCUT2D eigenvalue weighted by Gasteiger charge is 2.39. The summed E-state index contributed by atoms with van der Waals surface area (Å²) in [5, 5.41) is 2.21. The number of alkyl halides is 3. The molecule has 0 aliphatic rings. The van der Waals surface area contributed by atoms with Gasteiger partial charge in [0.25, 0.3) is 0 Å². The Hall–Kier alpha value is -2.78. The van der Waals surface area contributed by atoms with Crippen molar-refractivity contribution in [3.63, 3.8) is 0 Å². The fraction of sp³-hybridized carbons (Fsp3) is 0.357. The number of methoxy groups -OCH3 is 2. The van der Waals surface area contributed by atoms with Crippen molar-refractivity contribution < 1.29 is 41.8 Å². The lowest BCUT2D eigenvalue weighted by atomic mass is 10.1. The predicted octanol–water partition coefficient (Wildman–Crippen LogP) is 1.53. The second kappa shape index (κ2) is 8.18. The Morgan fingerprint density at radius 2 is 1.67 bits per heavy atom. The summed E-state index contributed by atoms with van der Waals surface area (Å²) >= 11 is 0. The normalized spacial score (nSPS) is 12.0. The number of nitrogens with one attached hydrogen (secondary N) is 1. The van der Waals surface area contributed by atoms with Gasteiger partial charge in [0.15, 0.2) is 6.61 Å². The van der Waals surface area contributed by atoms with Gasteiger partial charge in [-0.05, 0) is 24.3 Å². The molecule has 1 aromatic carbocycles. The Kier molecular flexibility index (Phi) is 6.57. The largest absolute Gasteiger partial charge is 0.497 e. The molecule has 132 valence electrons. The summed E-state index contributed by atoms with van der Waals surface area (Å²) in [6, 6.07) is 5.80. The van der Waals surface area contributed by atoms with Crippen LogP contribution in [0.5, 0.6) is 5.75 Å². The Morgan fingerprint density at radius 3 is 2.12 bits per heavy atom. The van der Waals surface area contributed by atoms with Gasteiger partial charge in [0, 0.05) is 5.69 Å². The molecule has 7 nitrogen and oxygen atoms in total. The van der Waals surface area contributed by atoms with Gasteiger partial charge in [-0.2, -0.15) is 13.2 Å². The van der Waals surface area contributed by atoms with Crippen LogP contribution in [0.4, 0.5) is 18.9 Å². The Balaban J connectivity index is 2.84. The predicted molar refractivity (Wildman–Crippen MR) is 74.1 cm³/mol. The quantitative estimate of drug-likeness (QED) is 0.619. The molecule has 0 spiro atoms. The molecule has 0 aromatic heterocycles. The van der Waals surface area contributed by atoms with Gasteiger partial charge in [-0.25, -0.2) is 0 Å². The van der Waals surface area contributed by atoms with Crippen molar-refractivity contribution in [1.29, 1.82) is 0 Å². The molecule has 0 saturated heterocycles. The molecular formula is C14H14F3NO6. The molecule has 0 aliphatic heterocycles. The van der Waals surface area contributed by atoms with E-state index in [-0.39, 0.29) is 5.69 Å². The van der Waals surface area contributed by atoms with Gasteiger partial charge in [-0.3, -0.25) is 14.4 Å². The van der Waals surface area contributed by atoms with Crippen LogP contribution in [-0.4, -0.2) is 44.8 Å². The zero-order chi connectivity index (χ0) is 18.3. The number of benzene rings is 1. The monoisotopic (exact) mass is 349 g/mol. The average molecular weight is 349 g/mol. The molecule has 0 heterocycles. The van der Waals surface area contributed by atoms with Crippen LogP contribution in [0, 0.1) is 5.92 Å². The fourth-order valence-electron chi connectivity index (χ4n) is 1.55. The zero-order valence-electron chi connectivity index (χ0n) is 12.7. The number of carbonyl (C=O) groups is 3. The summed E-state index contributed by atoms with van der Waals surface area (Å²) in [6.07, 6.45) is -4.79. The van der Waals surface area contributed by atoms with Crippen LogP contribution in [0.3, 0.4) is 0 Å². The van der Waals surface area contributed by atoms with E-state index in [4.69, 9.17) is 4.74 Å². The highest BCUT2D eigenvalue weighted by molar-refractivity contribution is 6.18. The second-order valence-corrected chi connectivity index (χ2v) is 4.40. The van der Waals surface area contributed by atoms with Gasteiger partial charge in [0.05, 0.1) is 14.2 Å². The maximum atomic E-state index is 12.1. The van der Waals surface area contributed by atoms with E-state index in [1.165, 1.54) is 31.4 Å². The van der Waals surface area contributed by atoms with Crippen molar-refractivity contribution in [2.45, 2.75) is 6.18 Å². The molecule has 1 aromatic rings. The molecule has 10 heteroatoms. The third kappa shape index (κ3) is 5.78. The molecule has 0 radical (unpaired) electrons. The molecule has 0 saturated carbocycles. The van der Waals surface area contributed by atoms with Gasteiger partial charge < -0.3 is 19.5 Å². The van der Waals surface area contributed by atoms with E-state index in [2.05, 4.69) is 14.8 Å². The van der Waals surface area contributed by atoms with Gasteiger partial charge >= 0.3 is 18.1 Å². The standard InChI is InChI=1S/C14H14F3NO6/c1-22-9-5-3-8(4-6-9)18-11(19)10(12(20)23-2)13(21)24-7-14(15,16)17/h3-6,10H,7H2,1-2H3,(H,18,19). The first-order valence-electron chi connectivity index (χ1n) is 6.44. The first-order valence-corrected chi connectivity index (χ1v) is 6.44. The molecule has 0 bridgehead atoms. The fourth-order valence-corrected chi connectivity index (χ4v) is 1.55. The van der Waals surface area contributed by atoms with E-state index in [9.17, 15) is 27.6 Å². The second-order valence-electron chi connectivity index (χ2n) is 4.40. The molecule has 1 atom stereocenters. The molecule has 1 unspecified atom stereocenters. The minimum Gasteiger partial charge on any atom is -0.497 e. The molecule has 1 N–H and O–H groups in total. The molecular weight excluding hydrogens is 335 g/mol. The van der Waals surface area contributed by atoms with Crippen LogP contribution >= 0.6 is 0 Å². The van der Waals surface area contributed by atoms with Gasteiger partial charge in [-0.15, -0.1) is 0 Å². The number of carbonyl (C=O) groups excluding carboxylic acids is 3. The summed E-state index contributed by atoms with van der Waals surface area (Å²) in [5.74, 6) is -5.88. The summed E-state index contributed by atoms with van der Waals surface area (Å²) in [7, 11) is 2.31. The smallest absolute Gasteiger partial charge is 0.422 e. The summed E-state index contributed by atoms with van der Waals surface area (Å²) in [4.78, 5) is 35.2. The summed E-state index contributed by atoms with van der Waals surface area (Å²) in [5.41, 5.74) is 0.193. The van der Waals surface area contributed by atoms with E-state index in [1.807, 2.05) is 0 Å². The third-order valence-corrected chi connectivity index (χ3v) is 2.67. The lowest BCUT2D eigenvalue weighted by Gasteiger charge is -2.15. The van der Waals surface area contributed by atoms with Crippen molar-refractivity contribution in [2.75, 3.05) is 26.1 Å². The lowest BCUT2D eigenvalue weighted by Crippen LogP contribution is -2.39. The average Bonchev–Trinajstić information content (AvgIpc) is 2.53. The summed E-state index contributed by atoms with van der Waals surface area (Å²) < 4.78 is 49.3. The zero-order valence-corrected chi connectivity index (χ0v) is 12.7. The minimum absolute atomic E-state index is 0.193. The number of anilines is 1. The van der Waals surface area contributed by atoms with Crippen LogP contribution in [0.2, 0.25) is 0 Å². The van der Waals surface area contributed by atoms with Gasteiger partial charge in [0.2, 0.25) is 11.8 Å². The Labute approximate surface area is 134 Å². The van der Waals surface area contributed by atoms with E-state index in [0.29, 0.717) is 5.75 Å². The number of halogens is 3. The van der Waals surface area contributed by atoms with E-state index < -0.39 is 36.5 Å². The number of esters is 2. The molecule has 24 heavy (non-hydrogen) atoms. The molecule has 0 fully saturated rings. The maximum Gasteiger partial charge on any atom is 0.422 e. The first kappa shape index (κ1) is 19.3. The molecule has 1 rings (SSSR count). The van der Waals surface area contributed by atoms with E-state index >= 15 is 0 Å². The number of hydrogen-bond acceptors (Lipinski definition) is 6. The van der Waals surface area contributed by atoms with Crippen LogP contribution in [0.1, 0.15) is 0 Å². The summed E-state index contributed by atoms with van der Waals surface area (Å²) in [6.45, 7) is -1.92. The lowest BCUT2D eigenvalue weighted by molar-refractivity contribution is -0.191. The first-order chi connectivity index (χ1) is 11.2. The van der Waals surface area contributed by atoms with Gasteiger partial charge in [-0.1, -0.05) is 0 Å². The Morgan fingerprint density at radius 1 is 1.08 bits per heavy atom. The van der Waals surface area contributed by atoms with Crippen molar-refractivity contribution in [2.24, 2.45) is 5.92 Å². The highest BCUT2D eigenvalue weighted by Crippen LogP contribution is 2.18. The number of ether oxygens (including phenoxy) is 3. The van der Waals surface area contributed by atoms with Crippen LogP contribution in [0.15, 0.2) is 24.3 Å². The number of hydrogen-bond donors (Lipinski definition) is 1. The van der Waals surface area contributed by atoms with E-state index in [0.717, 1.165) is 7.11 Å².